The highest BCUT2D eigenvalue weighted by molar-refractivity contribution is 7.17. The van der Waals surface area contributed by atoms with Crippen molar-refractivity contribution in [2.45, 2.75) is 26.4 Å². The summed E-state index contributed by atoms with van der Waals surface area (Å²) >= 11 is 1.61. The van der Waals surface area contributed by atoms with Gasteiger partial charge in [-0.1, -0.05) is 18.2 Å². The zero-order chi connectivity index (χ0) is 15.7. The number of rotatable bonds is 4. The van der Waals surface area contributed by atoms with Gasteiger partial charge in [-0.05, 0) is 37.4 Å². The summed E-state index contributed by atoms with van der Waals surface area (Å²) in [6.45, 7) is 4.28. The first-order valence-corrected chi connectivity index (χ1v) is 8.06. The van der Waals surface area contributed by atoms with Gasteiger partial charge in [0.25, 0.3) is 5.91 Å². The Hall–Kier alpha value is -2.14. The summed E-state index contributed by atoms with van der Waals surface area (Å²) in [7, 11) is 0. The predicted molar refractivity (Wildman–Crippen MR) is 87.8 cm³/mol. The van der Waals surface area contributed by atoms with Gasteiger partial charge in [0.15, 0.2) is 0 Å². The smallest absolute Gasteiger partial charge is 0.268 e. The lowest BCUT2D eigenvalue weighted by Gasteiger charge is -2.14. The maximum absolute atomic E-state index is 13.6. The van der Waals surface area contributed by atoms with E-state index in [2.05, 4.69) is 5.32 Å². The number of hydrogen-bond acceptors (Lipinski definition) is 2. The second kappa shape index (κ2) is 5.93. The number of nitrogens with zero attached hydrogens (tertiary/aromatic N) is 1. The van der Waals surface area contributed by atoms with Crippen molar-refractivity contribution in [1.29, 1.82) is 0 Å². The molecule has 3 aromatic rings. The van der Waals surface area contributed by atoms with Crippen LogP contribution in [0.5, 0.6) is 0 Å². The topological polar surface area (TPSA) is 34.0 Å². The van der Waals surface area contributed by atoms with Gasteiger partial charge in [0.05, 0.1) is 10.2 Å². The van der Waals surface area contributed by atoms with E-state index in [1.807, 2.05) is 35.9 Å². The lowest BCUT2D eigenvalue weighted by Crippen LogP contribution is -2.26. The first-order chi connectivity index (χ1) is 10.6. The summed E-state index contributed by atoms with van der Waals surface area (Å²) in [6.07, 6.45) is 0. The van der Waals surface area contributed by atoms with Crippen molar-refractivity contribution in [3.05, 3.63) is 58.9 Å². The number of thiophene rings is 1. The number of benzene rings is 1. The fourth-order valence-electron chi connectivity index (χ4n) is 2.58. The van der Waals surface area contributed by atoms with Gasteiger partial charge < -0.3 is 9.88 Å². The van der Waals surface area contributed by atoms with E-state index in [1.165, 1.54) is 6.07 Å². The van der Waals surface area contributed by atoms with Crippen LogP contribution in [0.15, 0.2) is 41.8 Å². The maximum atomic E-state index is 13.6. The molecule has 0 spiro atoms. The van der Waals surface area contributed by atoms with Crippen molar-refractivity contribution in [3.8, 4) is 0 Å². The van der Waals surface area contributed by atoms with Gasteiger partial charge in [-0.25, -0.2) is 4.39 Å². The molecule has 0 saturated carbocycles. The molecule has 22 heavy (non-hydrogen) atoms. The molecule has 114 valence electrons. The monoisotopic (exact) mass is 316 g/mol. The molecule has 2 heterocycles. The first-order valence-electron chi connectivity index (χ1n) is 7.18. The van der Waals surface area contributed by atoms with E-state index in [0.29, 0.717) is 11.3 Å². The molecule has 0 saturated heterocycles. The van der Waals surface area contributed by atoms with Crippen LogP contribution in [0.3, 0.4) is 0 Å². The van der Waals surface area contributed by atoms with Crippen LogP contribution in [0.4, 0.5) is 4.39 Å². The van der Waals surface area contributed by atoms with Crippen molar-refractivity contribution in [2.24, 2.45) is 0 Å². The molecule has 5 heteroatoms. The lowest BCUT2D eigenvalue weighted by molar-refractivity contribution is 0.0940. The molecule has 0 fully saturated rings. The molecule has 0 aliphatic heterocycles. The molecular weight excluding hydrogens is 299 g/mol. The third-order valence-electron chi connectivity index (χ3n) is 3.61. The number of nitrogens with one attached hydrogen (secondary N) is 1. The van der Waals surface area contributed by atoms with Crippen LogP contribution in [0.1, 0.15) is 35.9 Å². The number of carbonyl (C=O) groups is 1. The number of amides is 1. The normalized spacial score (nSPS) is 11.3. The Kier molecular flexibility index (Phi) is 3.98. The van der Waals surface area contributed by atoms with E-state index in [1.54, 1.807) is 29.5 Å². The molecule has 1 amide bonds. The fraction of sp³-hybridized carbons (Fsp3) is 0.235. The Bertz CT molecular complexity index is 819. The molecule has 0 radical (unpaired) electrons. The van der Waals surface area contributed by atoms with Gasteiger partial charge >= 0.3 is 0 Å². The number of hydrogen-bond donors (Lipinski definition) is 1. The van der Waals surface area contributed by atoms with Crippen molar-refractivity contribution >= 4 is 27.5 Å². The van der Waals surface area contributed by atoms with Crippen LogP contribution < -0.4 is 5.32 Å². The van der Waals surface area contributed by atoms with Gasteiger partial charge in [-0.3, -0.25) is 4.79 Å². The second-order valence-electron chi connectivity index (χ2n) is 5.44. The highest BCUT2D eigenvalue weighted by atomic mass is 32.1. The molecular formula is C17H17FN2OS. The van der Waals surface area contributed by atoms with Gasteiger partial charge in [0.2, 0.25) is 0 Å². The highest BCUT2D eigenvalue weighted by Crippen LogP contribution is 2.28. The van der Waals surface area contributed by atoms with Gasteiger partial charge in [0.1, 0.15) is 11.5 Å². The van der Waals surface area contributed by atoms with E-state index in [9.17, 15) is 9.18 Å². The summed E-state index contributed by atoms with van der Waals surface area (Å²) in [5, 5.41) is 4.83. The number of aromatic nitrogens is 1. The van der Waals surface area contributed by atoms with E-state index in [4.69, 9.17) is 0 Å². The van der Waals surface area contributed by atoms with Crippen LogP contribution in [0.2, 0.25) is 0 Å². The van der Waals surface area contributed by atoms with Crippen molar-refractivity contribution in [1.82, 2.24) is 9.88 Å². The van der Waals surface area contributed by atoms with Crippen molar-refractivity contribution < 1.29 is 9.18 Å². The zero-order valence-electron chi connectivity index (χ0n) is 12.5. The first kappa shape index (κ1) is 14.8. The van der Waals surface area contributed by atoms with Crippen LogP contribution in [0, 0.1) is 5.82 Å². The number of carbonyl (C=O) groups excluding carboxylic acids is 1. The molecule has 1 N–H and O–H groups in total. The van der Waals surface area contributed by atoms with Gasteiger partial charge in [-0.15, -0.1) is 11.3 Å². The summed E-state index contributed by atoms with van der Waals surface area (Å²) in [5.74, 6) is -0.483. The second-order valence-corrected chi connectivity index (χ2v) is 6.39. The lowest BCUT2D eigenvalue weighted by atomic mass is 10.2. The van der Waals surface area contributed by atoms with E-state index >= 15 is 0 Å². The molecule has 3 nitrogen and oxygen atoms in total. The SMILES string of the molecule is CC(C)n1c(C(=O)NCc2ccccc2F)cc2sccc21. The van der Waals surface area contributed by atoms with E-state index < -0.39 is 0 Å². The highest BCUT2D eigenvalue weighted by Gasteiger charge is 2.18. The minimum atomic E-state index is -0.303. The minimum absolute atomic E-state index is 0.180. The van der Waals surface area contributed by atoms with E-state index in [-0.39, 0.29) is 24.3 Å². The fourth-order valence-corrected chi connectivity index (χ4v) is 3.39. The summed E-state index contributed by atoms with van der Waals surface area (Å²) in [4.78, 5) is 12.5. The molecule has 0 bridgehead atoms. The van der Waals surface area contributed by atoms with Crippen LogP contribution in [-0.4, -0.2) is 10.5 Å². The zero-order valence-corrected chi connectivity index (χ0v) is 13.3. The average Bonchev–Trinajstić information content (AvgIpc) is 3.05. The van der Waals surface area contributed by atoms with Crippen LogP contribution in [-0.2, 0) is 6.54 Å². The number of fused-ring (bicyclic) bond motifs is 1. The third kappa shape index (κ3) is 2.64. The largest absolute Gasteiger partial charge is 0.347 e. The van der Waals surface area contributed by atoms with Crippen molar-refractivity contribution in [3.63, 3.8) is 0 Å². The molecule has 0 aliphatic carbocycles. The Balaban J connectivity index is 1.85. The summed E-state index contributed by atoms with van der Waals surface area (Å²) < 4.78 is 16.7. The van der Waals surface area contributed by atoms with Crippen molar-refractivity contribution in [2.75, 3.05) is 0 Å². The van der Waals surface area contributed by atoms with Crippen LogP contribution >= 0.6 is 11.3 Å². The molecule has 3 rings (SSSR count). The Morgan fingerprint density at radius 1 is 1.32 bits per heavy atom. The van der Waals surface area contributed by atoms with Gasteiger partial charge in [0, 0.05) is 18.2 Å². The standard InChI is InChI=1S/C17H17FN2OS/c1-11(2)20-14-7-8-22-16(14)9-15(20)17(21)19-10-12-5-3-4-6-13(12)18/h3-9,11H,10H2,1-2H3,(H,19,21). The molecule has 0 aliphatic rings. The molecule has 0 atom stereocenters. The van der Waals surface area contributed by atoms with Crippen LogP contribution in [0.25, 0.3) is 10.2 Å². The Morgan fingerprint density at radius 2 is 2.09 bits per heavy atom. The van der Waals surface area contributed by atoms with Gasteiger partial charge in [-0.2, -0.15) is 0 Å². The molecule has 0 unspecified atom stereocenters. The predicted octanol–water partition coefficient (Wildman–Crippen LogP) is 4.35. The Labute approximate surface area is 132 Å². The average molecular weight is 316 g/mol. The molecule has 2 aromatic heterocycles. The quantitative estimate of drug-likeness (QED) is 0.763. The third-order valence-corrected chi connectivity index (χ3v) is 4.46. The van der Waals surface area contributed by atoms with E-state index in [0.717, 1.165) is 10.2 Å². The summed E-state index contributed by atoms with van der Waals surface area (Å²) in [5.41, 5.74) is 2.17. The summed E-state index contributed by atoms with van der Waals surface area (Å²) in [6, 6.07) is 10.6. The minimum Gasteiger partial charge on any atom is -0.347 e. The Morgan fingerprint density at radius 3 is 2.82 bits per heavy atom. The number of halogens is 1. The maximum Gasteiger partial charge on any atom is 0.268 e. The molecule has 1 aromatic carbocycles.